The molecule has 0 radical (unpaired) electrons. The van der Waals surface area contributed by atoms with Crippen LogP contribution in [0.4, 0.5) is 5.69 Å². The zero-order chi connectivity index (χ0) is 14.1. The largest absolute Gasteiger partial charge is 0.478 e. The summed E-state index contributed by atoms with van der Waals surface area (Å²) in [4.78, 5) is 15.6. The van der Waals surface area contributed by atoms with Crippen LogP contribution < -0.4 is 5.32 Å². The average Bonchev–Trinajstić information content (AvgIpc) is 2.82. The predicted molar refractivity (Wildman–Crippen MR) is 72.9 cm³/mol. The van der Waals surface area contributed by atoms with Crippen LogP contribution in [0.25, 0.3) is 11.0 Å². The molecule has 20 heavy (non-hydrogen) atoms. The predicted octanol–water partition coefficient (Wildman–Crippen LogP) is 1.26. The number of nitrogens with one attached hydrogen (secondary N) is 1. The van der Waals surface area contributed by atoms with Crippen molar-refractivity contribution in [3.05, 3.63) is 18.0 Å². The van der Waals surface area contributed by atoms with E-state index in [1.807, 2.05) is 0 Å². The summed E-state index contributed by atoms with van der Waals surface area (Å²) < 4.78 is 6.96. The number of hydrogen-bond donors (Lipinski definition) is 2. The third-order valence-corrected chi connectivity index (χ3v) is 3.56. The number of carboxylic acids is 1. The quantitative estimate of drug-likeness (QED) is 0.877. The molecule has 0 bridgehead atoms. The number of aromatic carboxylic acids is 1. The van der Waals surface area contributed by atoms with Crippen LogP contribution >= 0.6 is 0 Å². The highest BCUT2D eigenvalue weighted by molar-refractivity contribution is 6.03. The SMILES string of the molecule is Cn1ncc2c(NC3CCOCC3)c(C(=O)O)cnc21. The van der Waals surface area contributed by atoms with Gasteiger partial charge in [0.1, 0.15) is 5.56 Å². The summed E-state index contributed by atoms with van der Waals surface area (Å²) in [5, 5.41) is 17.5. The van der Waals surface area contributed by atoms with E-state index in [4.69, 9.17) is 4.74 Å². The number of ether oxygens (including phenoxy) is 1. The average molecular weight is 276 g/mol. The first-order valence-corrected chi connectivity index (χ1v) is 6.55. The number of carbonyl (C=O) groups is 1. The van der Waals surface area contributed by atoms with Gasteiger partial charge in [-0.05, 0) is 12.8 Å². The van der Waals surface area contributed by atoms with Crippen LogP contribution in [0.2, 0.25) is 0 Å². The van der Waals surface area contributed by atoms with E-state index in [1.54, 1.807) is 17.9 Å². The molecule has 0 atom stereocenters. The Morgan fingerprint density at radius 3 is 2.90 bits per heavy atom. The standard InChI is InChI=1S/C13H16N4O3/c1-17-12-9(7-15-17)11(10(6-14-12)13(18)19)16-8-2-4-20-5-3-8/h6-8H,2-5H2,1H3,(H,14,16)(H,18,19). The number of aryl methyl sites for hydroxylation is 1. The van der Waals surface area contributed by atoms with E-state index in [0.29, 0.717) is 24.5 Å². The lowest BCUT2D eigenvalue weighted by atomic mass is 10.1. The first-order valence-electron chi connectivity index (χ1n) is 6.55. The Bertz CT molecular complexity index is 646. The number of fused-ring (bicyclic) bond motifs is 1. The van der Waals surface area contributed by atoms with Gasteiger partial charge < -0.3 is 15.2 Å². The molecule has 2 aromatic heterocycles. The minimum absolute atomic E-state index is 0.178. The molecule has 1 fully saturated rings. The molecular weight excluding hydrogens is 260 g/mol. The van der Waals surface area contributed by atoms with Crippen LogP contribution in [0, 0.1) is 0 Å². The van der Waals surface area contributed by atoms with Crippen molar-refractivity contribution in [3.63, 3.8) is 0 Å². The van der Waals surface area contributed by atoms with E-state index in [0.717, 1.165) is 18.2 Å². The fraction of sp³-hybridized carbons (Fsp3) is 0.462. The Morgan fingerprint density at radius 2 is 2.20 bits per heavy atom. The molecular formula is C13H16N4O3. The third kappa shape index (κ3) is 2.20. The molecule has 7 heteroatoms. The maximum Gasteiger partial charge on any atom is 0.339 e. The fourth-order valence-electron chi connectivity index (χ4n) is 2.46. The molecule has 1 aliphatic rings. The highest BCUT2D eigenvalue weighted by Gasteiger charge is 2.21. The molecule has 0 unspecified atom stereocenters. The van der Waals surface area contributed by atoms with Gasteiger partial charge in [-0.3, -0.25) is 4.68 Å². The minimum Gasteiger partial charge on any atom is -0.478 e. The van der Waals surface area contributed by atoms with Crippen LogP contribution in [0.1, 0.15) is 23.2 Å². The molecule has 106 valence electrons. The molecule has 0 saturated carbocycles. The van der Waals surface area contributed by atoms with Gasteiger partial charge in [0.05, 0.1) is 17.3 Å². The highest BCUT2D eigenvalue weighted by Crippen LogP contribution is 2.27. The lowest BCUT2D eigenvalue weighted by molar-refractivity contribution is 0.0697. The zero-order valence-electron chi connectivity index (χ0n) is 11.2. The first kappa shape index (κ1) is 12.9. The lowest BCUT2D eigenvalue weighted by Gasteiger charge is -2.25. The van der Waals surface area contributed by atoms with Crippen LogP contribution in [-0.2, 0) is 11.8 Å². The molecule has 2 N–H and O–H groups in total. The second-order valence-electron chi connectivity index (χ2n) is 4.89. The van der Waals surface area contributed by atoms with Gasteiger partial charge in [-0.2, -0.15) is 5.10 Å². The number of carboxylic acid groups (broad SMARTS) is 1. The van der Waals surface area contributed by atoms with E-state index in [9.17, 15) is 9.90 Å². The minimum atomic E-state index is -0.988. The molecule has 3 rings (SSSR count). The number of nitrogens with zero attached hydrogens (tertiary/aromatic N) is 3. The summed E-state index contributed by atoms with van der Waals surface area (Å²) in [5.74, 6) is -0.988. The van der Waals surface area contributed by atoms with Crippen molar-refractivity contribution in [1.29, 1.82) is 0 Å². The smallest absolute Gasteiger partial charge is 0.339 e. The van der Waals surface area contributed by atoms with E-state index in [2.05, 4.69) is 15.4 Å². The summed E-state index contributed by atoms with van der Waals surface area (Å²) in [6.07, 6.45) is 4.76. The van der Waals surface area contributed by atoms with Crippen molar-refractivity contribution < 1.29 is 14.6 Å². The topological polar surface area (TPSA) is 89.3 Å². The summed E-state index contributed by atoms with van der Waals surface area (Å²) in [6, 6.07) is 0.215. The number of rotatable bonds is 3. The fourth-order valence-corrected chi connectivity index (χ4v) is 2.46. The molecule has 0 aliphatic carbocycles. The van der Waals surface area contributed by atoms with Gasteiger partial charge in [-0.1, -0.05) is 0 Å². The summed E-state index contributed by atoms with van der Waals surface area (Å²) >= 11 is 0. The summed E-state index contributed by atoms with van der Waals surface area (Å²) in [6.45, 7) is 1.39. The maximum absolute atomic E-state index is 11.4. The van der Waals surface area contributed by atoms with Crippen molar-refractivity contribution in [3.8, 4) is 0 Å². The third-order valence-electron chi connectivity index (χ3n) is 3.56. The number of hydrogen-bond acceptors (Lipinski definition) is 5. The second kappa shape index (κ2) is 5.09. The molecule has 3 heterocycles. The highest BCUT2D eigenvalue weighted by atomic mass is 16.5. The molecule has 0 amide bonds. The maximum atomic E-state index is 11.4. The van der Waals surface area contributed by atoms with Gasteiger partial charge in [0.15, 0.2) is 5.65 Å². The molecule has 2 aromatic rings. The van der Waals surface area contributed by atoms with Crippen molar-refractivity contribution in [1.82, 2.24) is 14.8 Å². The Balaban J connectivity index is 2.04. The molecule has 7 nitrogen and oxygen atoms in total. The normalized spacial score (nSPS) is 16.4. The lowest BCUT2D eigenvalue weighted by Crippen LogP contribution is -2.28. The summed E-state index contributed by atoms with van der Waals surface area (Å²) in [5.41, 5.74) is 1.45. The van der Waals surface area contributed by atoms with Crippen LogP contribution in [0.5, 0.6) is 0 Å². The van der Waals surface area contributed by atoms with E-state index >= 15 is 0 Å². The molecule has 1 saturated heterocycles. The monoisotopic (exact) mass is 276 g/mol. The van der Waals surface area contributed by atoms with Crippen molar-refractivity contribution in [2.24, 2.45) is 7.05 Å². The van der Waals surface area contributed by atoms with Gasteiger partial charge in [-0.25, -0.2) is 9.78 Å². The molecule has 0 aromatic carbocycles. The van der Waals surface area contributed by atoms with Crippen molar-refractivity contribution in [2.45, 2.75) is 18.9 Å². The molecule has 0 spiro atoms. The first-order chi connectivity index (χ1) is 9.66. The Hall–Kier alpha value is -2.15. The van der Waals surface area contributed by atoms with E-state index < -0.39 is 5.97 Å². The second-order valence-corrected chi connectivity index (χ2v) is 4.89. The van der Waals surface area contributed by atoms with Gasteiger partial charge >= 0.3 is 5.97 Å². The van der Waals surface area contributed by atoms with Crippen LogP contribution in [-0.4, -0.2) is 45.1 Å². The van der Waals surface area contributed by atoms with Crippen LogP contribution in [0.3, 0.4) is 0 Å². The number of anilines is 1. The zero-order valence-corrected chi connectivity index (χ0v) is 11.2. The van der Waals surface area contributed by atoms with E-state index in [1.165, 1.54) is 6.20 Å². The molecule has 1 aliphatic heterocycles. The summed E-state index contributed by atoms with van der Waals surface area (Å²) in [7, 11) is 1.79. The van der Waals surface area contributed by atoms with Gasteiger partial charge in [0.2, 0.25) is 0 Å². The van der Waals surface area contributed by atoms with Gasteiger partial charge in [0, 0.05) is 32.5 Å². The van der Waals surface area contributed by atoms with Crippen molar-refractivity contribution >= 4 is 22.7 Å². The Labute approximate surface area is 115 Å². The number of aromatic nitrogens is 3. The van der Waals surface area contributed by atoms with Crippen molar-refractivity contribution in [2.75, 3.05) is 18.5 Å². The van der Waals surface area contributed by atoms with Crippen LogP contribution in [0.15, 0.2) is 12.4 Å². The van der Waals surface area contributed by atoms with Gasteiger partial charge in [-0.15, -0.1) is 0 Å². The Kier molecular flexibility index (Phi) is 3.27. The number of pyridine rings is 1. The van der Waals surface area contributed by atoms with Gasteiger partial charge in [0.25, 0.3) is 0 Å². The Morgan fingerprint density at radius 1 is 1.45 bits per heavy atom. The van der Waals surface area contributed by atoms with E-state index in [-0.39, 0.29) is 11.6 Å².